The average Bonchev–Trinajstić information content (AvgIpc) is 3.22. The Hall–Kier alpha value is -2.38. The highest BCUT2D eigenvalue weighted by atomic mass is 32.1. The number of rotatable bonds is 8. The molecular weight excluding hydrogens is 374 g/mol. The Morgan fingerprint density at radius 2 is 1.93 bits per heavy atom. The second kappa shape index (κ2) is 10.2. The molecular formula is C21H27N3O3S. The van der Waals surface area contributed by atoms with E-state index < -0.39 is 0 Å². The number of thiophene rings is 1. The van der Waals surface area contributed by atoms with Gasteiger partial charge in [-0.15, -0.1) is 11.3 Å². The van der Waals surface area contributed by atoms with E-state index in [1.807, 2.05) is 35.7 Å². The number of hydrogen-bond donors (Lipinski definition) is 1. The fraction of sp³-hybridized carbons (Fsp3) is 0.429. The molecule has 0 saturated carbocycles. The van der Waals surface area contributed by atoms with Crippen LogP contribution in [-0.2, 0) is 20.7 Å². The molecule has 0 spiro atoms. The summed E-state index contributed by atoms with van der Waals surface area (Å²) in [6.45, 7) is 3.30. The van der Waals surface area contributed by atoms with Crippen LogP contribution in [0.25, 0.3) is 0 Å². The first-order valence-corrected chi connectivity index (χ1v) is 10.5. The van der Waals surface area contributed by atoms with E-state index in [1.165, 1.54) is 9.78 Å². The minimum atomic E-state index is -0.187. The van der Waals surface area contributed by atoms with Crippen LogP contribution in [0, 0.1) is 0 Å². The van der Waals surface area contributed by atoms with Crippen LogP contribution < -0.4 is 10.2 Å². The predicted octanol–water partition coefficient (Wildman–Crippen LogP) is 3.00. The number of amides is 2. The molecule has 0 unspecified atom stereocenters. The third-order valence-electron chi connectivity index (χ3n) is 4.73. The maximum atomic E-state index is 12.2. The molecule has 150 valence electrons. The quantitative estimate of drug-likeness (QED) is 0.739. The topological polar surface area (TPSA) is 61.9 Å². The number of carbonyl (C=O) groups is 2. The van der Waals surface area contributed by atoms with Gasteiger partial charge in [0.2, 0.25) is 11.8 Å². The van der Waals surface area contributed by atoms with Crippen molar-refractivity contribution in [2.24, 2.45) is 0 Å². The van der Waals surface area contributed by atoms with E-state index in [0.29, 0.717) is 6.42 Å². The van der Waals surface area contributed by atoms with Gasteiger partial charge in [0.25, 0.3) is 0 Å². The van der Waals surface area contributed by atoms with Crippen LogP contribution in [0.4, 0.5) is 11.4 Å². The van der Waals surface area contributed by atoms with E-state index in [0.717, 1.165) is 50.5 Å². The van der Waals surface area contributed by atoms with E-state index in [2.05, 4.69) is 16.3 Å². The van der Waals surface area contributed by atoms with Crippen LogP contribution in [0.15, 0.2) is 41.8 Å². The summed E-state index contributed by atoms with van der Waals surface area (Å²) in [5.74, 6) is -0.192. The predicted molar refractivity (Wildman–Crippen MR) is 113 cm³/mol. The molecule has 0 bridgehead atoms. The molecule has 0 radical (unpaired) electrons. The number of nitrogens with one attached hydrogen (secondary N) is 1. The smallest absolute Gasteiger partial charge is 0.243 e. The van der Waals surface area contributed by atoms with Gasteiger partial charge in [0.1, 0.15) is 0 Å². The zero-order valence-corrected chi connectivity index (χ0v) is 17.0. The van der Waals surface area contributed by atoms with Crippen molar-refractivity contribution in [3.8, 4) is 0 Å². The molecule has 1 N–H and O–H groups in total. The summed E-state index contributed by atoms with van der Waals surface area (Å²) >= 11 is 1.71. The molecule has 1 aliphatic heterocycles. The van der Waals surface area contributed by atoms with E-state index in [-0.39, 0.29) is 18.4 Å². The van der Waals surface area contributed by atoms with Gasteiger partial charge < -0.3 is 19.9 Å². The third kappa shape index (κ3) is 6.07. The molecule has 1 aromatic carbocycles. The molecule has 0 aliphatic carbocycles. The lowest BCUT2D eigenvalue weighted by Gasteiger charge is -2.28. The zero-order valence-electron chi connectivity index (χ0n) is 16.2. The highest BCUT2D eigenvalue weighted by Gasteiger charge is 2.14. The van der Waals surface area contributed by atoms with Gasteiger partial charge in [0.15, 0.2) is 0 Å². The minimum Gasteiger partial charge on any atom is -0.378 e. The minimum absolute atomic E-state index is 0.00521. The largest absolute Gasteiger partial charge is 0.378 e. The summed E-state index contributed by atoms with van der Waals surface area (Å²) in [6.07, 6.45) is 2.16. The molecule has 1 aromatic heterocycles. The van der Waals surface area contributed by atoms with Gasteiger partial charge in [-0.2, -0.15) is 0 Å². The van der Waals surface area contributed by atoms with Gasteiger partial charge in [-0.3, -0.25) is 9.59 Å². The van der Waals surface area contributed by atoms with Crippen molar-refractivity contribution in [3.63, 3.8) is 0 Å². The Balaban J connectivity index is 1.40. The number of anilines is 2. The lowest BCUT2D eigenvalue weighted by atomic mass is 10.2. The Morgan fingerprint density at radius 3 is 2.61 bits per heavy atom. The molecule has 2 aromatic rings. The third-order valence-corrected chi connectivity index (χ3v) is 5.66. The highest BCUT2D eigenvalue weighted by molar-refractivity contribution is 7.09. The van der Waals surface area contributed by atoms with Crippen LogP contribution in [0.5, 0.6) is 0 Å². The Bertz CT molecular complexity index is 756. The van der Waals surface area contributed by atoms with Crippen LogP contribution in [0.1, 0.15) is 17.7 Å². The molecule has 3 rings (SSSR count). The van der Waals surface area contributed by atoms with E-state index in [9.17, 15) is 9.59 Å². The van der Waals surface area contributed by atoms with Crippen LogP contribution in [-0.4, -0.2) is 56.6 Å². The number of morpholine rings is 1. The normalized spacial score (nSPS) is 14.0. The summed E-state index contributed by atoms with van der Waals surface area (Å²) in [6, 6.07) is 11.9. The number of aryl methyl sites for hydroxylation is 1. The van der Waals surface area contributed by atoms with Crippen LogP contribution >= 0.6 is 11.3 Å². The average molecular weight is 402 g/mol. The van der Waals surface area contributed by atoms with Crippen LogP contribution in [0.3, 0.4) is 0 Å². The first kappa shape index (κ1) is 20.4. The molecule has 0 atom stereocenters. The van der Waals surface area contributed by atoms with E-state index in [1.54, 1.807) is 18.4 Å². The first-order valence-electron chi connectivity index (χ1n) is 9.61. The Labute approximate surface area is 170 Å². The van der Waals surface area contributed by atoms with Crippen molar-refractivity contribution in [1.29, 1.82) is 0 Å². The van der Waals surface area contributed by atoms with Gasteiger partial charge in [0.05, 0.1) is 19.8 Å². The van der Waals surface area contributed by atoms with Crippen molar-refractivity contribution in [1.82, 2.24) is 4.90 Å². The maximum absolute atomic E-state index is 12.2. The fourth-order valence-corrected chi connectivity index (χ4v) is 3.89. The molecule has 2 amide bonds. The van der Waals surface area contributed by atoms with Gasteiger partial charge in [0, 0.05) is 42.8 Å². The molecule has 1 aliphatic rings. The Kier molecular flexibility index (Phi) is 7.45. The summed E-state index contributed by atoms with van der Waals surface area (Å²) < 4.78 is 5.37. The maximum Gasteiger partial charge on any atom is 0.243 e. The Morgan fingerprint density at radius 1 is 1.18 bits per heavy atom. The zero-order chi connectivity index (χ0) is 19.8. The molecule has 28 heavy (non-hydrogen) atoms. The summed E-state index contributed by atoms with van der Waals surface area (Å²) in [7, 11) is 1.68. The highest BCUT2D eigenvalue weighted by Crippen LogP contribution is 2.19. The second-order valence-electron chi connectivity index (χ2n) is 6.88. The van der Waals surface area contributed by atoms with E-state index in [4.69, 9.17) is 4.74 Å². The summed E-state index contributed by atoms with van der Waals surface area (Å²) in [5, 5.41) is 4.90. The van der Waals surface area contributed by atoms with Gasteiger partial charge >= 0.3 is 0 Å². The number of likely N-dealkylation sites (N-methyl/N-ethyl adjacent to an activating group) is 1. The number of benzene rings is 1. The second-order valence-corrected chi connectivity index (χ2v) is 7.91. The SMILES string of the molecule is CN(CC(=O)Nc1ccc(N2CCOCC2)cc1)C(=O)CCCc1cccs1. The number of ether oxygens (including phenoxy) is 1. The molecule has 2 heterocycles. The molecule has 6 nitrogen and oxygen atoms in total. The summed E-state index contributed by atoms with van der Waals surface area (Å²) in [5.41, 5.74) is 1.86. The van der Waals surface area contributed by atoms with Gasteiger partial charge in [-0.25, -0.2) is 0 Å². The van der Waals surface area contributed by atoms with Gasteiger partial charge in [-0.1, -0.05) is 6.07 Å². The molecule has 1 fully saturated rings. The lowest BCUT2D eigenvalue weighted by molar-refractivity contribution is -0.133. The first-order chi connectivity index (χ1) is 13.6. The number of carbonyl (C=O) groups excluding carboxylic acids is 2. The monoisotopic (exact) mass is 401 g/mol. The fourth-order valence-electron chi connectivity index (χ4n) is 3.14. The number of nitrogens with zero attached hydrogens (tertiary/aromatic N) is 2. The standard InChI is InChI=1S/C21H27N3O3S/c1-23(21(26)6-2-4-19-5-3-15-28-19)16-20(25)22-17-7-9-18(10-8-17)24-11-13-27-14-12-24/h3,5,7-10,15H,2,4,6,11-14,16H2,1H3,(H,22,25). The van der Waals surface area contributed by atoms with Crippen molar-refractivity contribution in [2.45, 2.75) is 19.3 Å². The molecule has 1 saturated heterocycles. The van der Waals surface area contributed by atoms with Crippen molar-refractivity contribution < 1.29 is 14.3 Å². The van der Waals surface area contributed by atoms with Gasteiger partial charge in [-0.05, 0) is 48.6 Å². The van der Waals surface area contributed by atoms with Crippen LogP contribution in [0.2, 0.25) is 0 Å². The van der Waals surface area contributed by atoms with Crippen molar-refractivity contribution in [3.05, 3.63) is 46.7 Å². The van der Waals surface area contributed by atoms with E-state index >= 15 is 0 Å². The summed E-state index contributed by atoms with van der Waals surface area (Å²) in [4.78, 5) is 29.5. The van der Waals surface area contributed by atoms with Crippen molar-refractivity contribution in [2.75, 3.05) is 50.1 Å². The lowest BCUT2D eigenvalue weighted by Crippen LogP contribution is -2.36. The number of hydrogen-bond acceptors (Lipinski definition) is 5. The van der Waals surface area contributed by atoms with Crippen molar-refractivity contribution >= 4 is 34.5 Å². The molecule has 7 heteroatoms.